The van der Waals surface area contributed by atoms with E-state index in [2.05, 4.69) is 42.8 Å². The molecular weight excluding hydrogens is 250 g/mol. The van der Waals surface area contributed by atoms with Gasteiger partial charge < -0.3 is 15.4 Å². The molecule has 1 unspecified atom stereocenters. The van der Waals surface area contributed by atoms with E-state index in [1.165, 1.54) is 11.1 Å². The zero-order valence-electron chi connectivity index (χ0n) is 13.1. The number of rotatable bonds is 4. The standard InChI is InChI=1S/C16H27N3O/c1-12-9-14(16(20-4)10-13(12)2)15(17)11-19-7-5-18(3)6-8-19/h9-10,15H,5-8,11,17H2,1-4H3. The van der Waals surface area contributed by atoms with Crippen molar-refractivity contribution in [1.82, 2.24) is 9.80 Å². The van der Waals surface area contributed by atoms with Gasteiger partial charge in [0.25, 0.3) is 0 Å². The van der Waals surface area contributed by atoms with Crippen molar-refractivity contribution in [1.29, 1.82) is 0 Å². The number of benzene rings is 1. The second-order valence-corrected chi connectivity index (χ2v) is 5.89. The molecule has 1 aliphatic heterocycles. The van der Waals surface area contributed by atoms with E-state index >= 15 is 0 Å². The summed E-state index contributed by atoms with van der Waals surface area (Å²) in [6, 6.07) is 4.27. The van der Waals surface area contributed by atoms with E-state index in [-0.39, 0.29) is 6.04 Å². The van der Waals surface area contributed by atoms with Crippen molar-refractivity contribution < 1.29 is 4.74 Å². The van der Waals surface area contributed by atoms with Crippen LogP contribution in [0.5, 0.6) is 5.75 Å². The molecule has 0 radical (unpaired) electrons. The van der Waals surface area contributed by atoms with Crippen LogP contribution in [0.2, 0.25) is 0 Å². The van der Waals surface area contributed by atoms with Crippen LogP contribution in [-0.4, -0.2) is 56.7 Å². The summed E-state index contributed by atoms with van der Waals surface area (Å²) in [7, 11) is 3.89. The van der Waals surface area contributed by atoms with Gasteiger partial charge in [0.2, 0.25) is 0 Å². The minimum absolute atomic E-state index is 0.00709. The number of likely N-dealkylation sites (N-methyl/N-ethyl adjacent to an activating group) is 1. The molecule has 112 valence electrons. The Morgan fingerprint density at radius 2 is 1.75 bits per heavy atom. The maximum Gasteiger partial charge on any atom is 0.123 e. The van der Waals surface area contributed by atoms with E-state index in [1.807, 2.05) is 0 Å². The normalized spacial score (nSPS) is 19.1. The van der Waals surface area contributed by atoms with Gasteiger partial charge in [-0.15, -0.1) is 0 Å². The van der Waals surface area contributed by atoms with Crippen LogP contribution >= 0.6 is 0 Å². The first-order valence-electron chi connectivity index (χ1n) is 7.33. The molecule has 2 rings (SSSR count). The SMILES string of the molecule is COc1cc(C)c(C)cc1C(N)CN1CCN(C)CC1. The zero-order valence-corrected chi connectivity index (χ0v) is 13.1. The Kier molecular flexibility index (Phi) is 5.02. The van der Waals surface area contributed by atoms with Crippen molar-refractivity contribution >= 4 is 0 Å². The van der Waals surface area contributed by atoms with Crippen LogP contribution in [0, 0.1) is 13.8 Å². The Bertz CT molecular complexity index is 453. The summed E-state index contributed by atoms with van der Waals surface area (Å²) in [5.74, 6) is 0.912. The van der Waals surface area contributed by atoms with Crippen molar-refractivity contribution in [2.24, 2.45) is 5.73 Å². The van der Waals surface area contributed by atoms with E-state index in [9.17, 15) is 0 Å². The molecule has 0 bridgehead atoms. The van der Waals surface area contributed by atoms with Crippen LogP contribution in [0.1, 0.15) is 22.7 Å². The molecule has 0 aromatic heterocycles. The summed E-state index contributed by atoms with van der Waals surface area (Å²) in [5, 5.41) is 0. The van der Waals surface area contributed by atoms with Gasteiger partial charge >= 0.3 is 0 Å². The Hall–Kier alpha value is -1.10. The predicted molar refractivity (Wildman–Crippen MR) is 83.3 cm³/mol. The topological polar surface area (TPSA) is 41.7 Å². The first-order valence-corrected chi connectivity index (χ1v) is 7.33. The molecule has 0 saturated carbocycles. The van der Waals surface area contributed by atoms with Crippen LogP contribution in [0.3, 0.4) is 0 Å². The van der Waals surface area contributed by atoms with Crippen molar-refractivity contribution in [3.05, 3.63) is 28.8 Å². The number of hydrogen-bond acceptors (Lipinski definition) is 4. The van der Waals surface area contributed by atoms with Crippen LogP contribution in [0.25, 0.3) is 0 Å². The number of nitrogens with two attached hydrogens (primary N) is 1. The van der Waals surface area contributed by atoms with Gasteiger partial charge in [-0.3, -0.25) is 4.90 Å². The quantitative estimate of drug-likeness (QED) is 0.907. The Labute approximate surface area is 122 Å². The summed E-state index contributed by atoms with van der Waals surface area (Å²) >= 11 is 0. The fraction of sp³-hybridized carbons (Fsp3) is 0.625. The third-order valence-corrected chi connectivity index (χ3v) is 4.30. The van der Waals surface area contributed by atoms with Crippen molar-refractivity contribution in [3.8, 4) is 5.75 Å². The van der Waals surface area contributed by atoms with E-state index < -0.39 is 0 Å². The summed E-state index contributed by atoms with van der Waals surface area (Å²) in [6.07, 6.45) is 0. The molecular formula is C16H27N3O. The second kappa shape index (κ2) is 6.57. The lowest BCUT2D eigenvalue weighted by atomic mass is 9.99. The maximum atomic E-state index is 6.42. The molecule has 4 heteroatoms. The van der Waals surface area contributed by atoms with Gasteiger partial charge in [0.15, 0.2) is 0 Å². The molecule has 1 aliphatic rings. The number of methoxy groups -OCH3 is 1. The van der Waals surface area contributed by atoms with Crippen LogP contribution in [0.15, 0.2) is 12.1 Å². The van der Waals surface area contributed by atoms with E-state index in [1.54, 1.807) is 7.11 Å². The number of aryl methyl sites for hydroxylation is 2. The molecule has 1 aromatic carbocycles. The maximum absolute atomic E-state index is 6.42. The summed E-state index contributed by atoms with van der Waals surface area (Å²) < 4.78 is 5.50. The molecule has 0 aliphatic carbocycles. The van der Waals surface area contributed by atoms with E-state index in [4.69, 9.17) is 10.5 Å². The third kappa shape index (κ3) is 3.51. The minimum Gasteiger partial charge on any atom is -0.496 e. The monoisotopic (exact) mass is 277 g/mol. The zero-order chi connectivity index (χ0) is 14.7. The van der Waals surface area contributed by atoms with Crippen LogP contribution < -0.4 is 10.5 Å². The molecule has 0 spiro atoms. The van der Waals surface area contributed by atoms with E-state index in [0.29, 0.717) is 0 Å². The van der Waals surface area contributed by atoms with Crippen molar-refractivity contribution in [2.75, 3.05) is 46.9 Å². The van der Waals surface area contributed by atoms with Gasteiger partial charge in [0, 0.05) is 44.3 Å². The van der Waals surface area contributed by atoms with Crippen LogP contribution in [0.4, 0.5) is 0 Å². The smallest absolute Gasteiger partial charge is 0.123 e. The Balaban J connectivity index is 2.08. The van der Waals surface area contributed by atoms with Gasteiger partial charge in [0.05, 0.1) is 7.11 Å². The predicted octanol–water partition coefficient (Wildman–Crippen LogP) is 1.56. The fourth-order valence-electron chi connectivity index (χ4n) is 2.69. The Morgan fingerprint density at radius 1 is 1.15 bits per heavy atom. The molecule has 1 saturated heterocycles. The first-order chi connectivity index (χ1) is 9.51. The van der Waals surface area contributed by atoms with Crippen molar-refractivity contribution in [3.63, 3.8) is 0 Å². The lowest BCUT2D eigenvalue weighted by Gasteiger charge is -2.34. The molecule has 4 nitrogen and oxygen atoms in total. The number of ether oxygens (including phenoxy) is 1. The number of hydrogen-bond donors (Lipinski definition) is 1. The minimum atomic E-state index is 0.00709. The highest BCUT2D eigenvalue weighted by atomic mass is 16.5. The lowest BCUT2D eigenvalue weighted by molar-refractivity contribution is 0.147. The van der Waals surface area contributed by atoms with Gasteiger partial charge in [-0.2, -0.15) is 0 Å². The lowest BCUT2D eigenvalue weighted by Crippen LogP contribution is -2.46. The first kappa shape index (κ1) is 15.3. The summed E-state index contributed by atoms with van der Waals surface area (Å²) in [5.41, 5.74) is 10.1. The summed E-state index contributed by atoms with van der Waals surface area (Å²) in [6.45, 7) is 9.56. The van der Waals surface area contributed by atoms with Gasteiger partial charge in [-0.1, -0.05) is 6.07 Å². The van der Waals surface area contributed by atoms with Gasteiger partial charge in [0.1, 0.15) is 5.75 Å². The molecule has 1 fully saturated rings. The molecule has 1 heterocycles. The number of nitrogens with zero attached hydrogens (tertiary/aromatic N) is 2. The summed E-state index contributed by atoms with van der Waals surface area (Å²) in [4.78, 5) is 4.80. The molecule has 1 atom stereocenters. The molecule has 0 amide bonds. The largest absolute Gasteiger partial charge is 0.496 e. The highest BCUT2D eigenvalue weighted by Crippen LogP contribution is 2.28. The average Bonchev–Trinajstić information content (AvgIpc) is 2.43. The van der Waals surface area contributed by atoms with Gasteiger partial charge in [-0.05, 0) is 38.1 Å². The average molecular weight is 277 g/mol. The Morgan fingerprint density at radius 3 is 2.35 bits per heavy atom. The molecule has 20 heavy (non-hydrogen) atoms. The number of piperazine rings is 1. The molecule has 2 N–H and O–H groups in total. The molecule has 1 aromatic rings. The van der Waals surface area contributed by atoms with E-state index in [0.717, 1.165) is 44.0 Å². The highest BCUT2D eigenvalue weighted by molar-refractivity contribution is 5.43. The van der Waals surface area contributed by atoms with Crippen LogP contribution in [-0.2, 0) is 0 Å². The second-order valence-electron chi connectivity index (χ2n) is 5.89. The highest BCUT2D eigenvalue weighted by Gasteiger charge is 2.19. The van der Waals surface area contributed by atoms with Gasteiger partial charge in [-0.25, -0.2) is 0 Å². The third-order valence-electron chi connectivity index (χ3n) is 4.30. The van der Waals surface area contributed by atoms with Crippen molar-refractivity contribution in [2.45, 2.75) is 19.9 Å². The fourth-order valence-corrected chi connectivity index (χ4v) is 2.69.